The monoisotopic (exact) mass is 336 g/mol. The van der Waals surface area contributed by atoms with Gasteiger partial charge in [-0.25, -0.2) is 10.1 Å². The molecule has 3 aromatic rings. The maximum atomic E-state index is 11.9. The SMILES string of the molecule is Cc1nonc1C(=O)NN=Cc1ccccc1OCc1ccccc1. The topological polar surface area (TPSA) is 89.6 Å². The van der Waals surface area contributed by atoms with E-state index in [4.69, 9.17) is 4.74 Å². The summed E-state index contributed by atoms with van der Waals surface area (Å²) < 4.78 is 10.3. The minimum Gasteiger partial charge on any atom is -0.488 e. The number of carbonyl (C=O) groups excluding carboxylic acids is 1. The van der Waals surface area contributed by atoms with Crippen molar-refractivity contribution >= 4 is 12.1 Å². The average molecular weight is 336 g/mol. The number of ether oxygens (including phenoxy) is 1. The number of aromatic nitrogens is 2. The molecule has 0 saturated heterocycles. The van der Waals surface area contributed by atoms with Crippen molar-refractivity contribution in [3.63, 3.8) is 0 Å². The Labute approximate surface area is 144 Å². The third kappa shape index (κ3) is 4.29. The summed E-state index contributed by atoms with van der Waals surface area (Å²) in [5.74, 6) is 0.182. The van der Waals surface area contributed by atoms with E-state index in [1.54, 1.807) is 6.92 Å². The van der Waals surface area contributed by atoms with Crippen LogP contribution in [-0.4, -0.2) is 22.4 Å². The number of amides is 1. The largest absolute Gasteiger partial charge is 0.488 e. The number of aryl methyl sites for hydroxylation is 1. The maximum Gasteiger partial charge on any atom is 0.295 e. The Morgan fingerprint density at radius 3 is 2.68 bits per heavy atom. The summed E-state index contributed by atoms with van der Waals surface area (Å²) in [4.78, 5) is 11.9. The normalized spacial score (nSPS) is 10.8. The molecule has 7 heteroatoms. The van der Waals surface area contributed by atoms with Gasteiger partial charge in [0.25, 0.3) is 5.91 Å². The van der Waals surface area contributed by atoms with Crippen LogP contribution in [-0.2, 0) is 6.61 Å². The number of benzene rings is 2. The second-order valence-corrected chi connectivity index (χ2v) is 5.21. The smallest absolute Gasteiger partial charge is 0.295 e. The van der Waals surface area contributed by atoms with Crippen LogP contribution in [0.2, 0.25) is 0 Å². The minimum atomic E-state index is -0.488. The number of hydrogen-bond acceptors (Lipinski definition) is 6. The number of carbonyl (C=O) groups is 1. The van der Waals surface area contributed by atoms with Gasteiger partial charge in [0.15, 0.2) is 5.69 Å². The fourth-order valence-corrected chi connectivity index (χ4v) is 2.10. The van der Waals surface area contributed by atoms with Crippen LogP contribution in [0.1, 0.15) is 27.3 Å². The summed E-state index contributed by atoms with van der Waals surface area (Å²) in [5, 5.41) is 11.0. The van der Waals surface area contributed by atoms with Crippen molar-refractivity contribution in [3.05, 3.63) is 77.1 Å². The highest BCUT2D eigenvalue weighted by atomic mass is 16.6. The Morgan fingerprint density at radius 2 is 1.92 bits per heavy atom. The lowest BCUT2D eigenvalue weighted by Gasteiger charge is -2.08. The van der Waals surface area contributed by atoms with Crippen molar-refractivity contribution in [1.29, 1.82) is 0 Å². The van der Waals surface area contributed by atoms with E-state index < -0.39 is 5.91 Å². The highest BCUT2D eigenvalue weighted by Gasteiger charge is 2.13. The fraction of sp³-hybridized carbons (Fsp3) is 0.111. The number of nitrogens with zero attached hydrogens (tertiary/aromatic N) is 3. The second kappa shape index (κ2) is 7.87. The average Bonchev–Trinajstić information content (AvgIpc) is 3.08. The van der Waals surface area contributed by atoms with Crippen molar-refractivity contribution in [3.8, 4) is 5.75 Å². The molecule has 0 atom stereocenters. The molecule has 1 N–H and O–H groups in total. The van der Waals surface area contributed by atoms with Crippen molar-refractivity contribution in [2.24, 2.45) is 5.10 Å². The quantitative estimate of drug-likeness (QED) is 0.552. The van der Waals surface area contributed by atoms with Gasteiger partial charge in [-0.15, -0.1) is 0 Å². The van der Waals surface area contributed by atoms with Gasteiger partial charge in [-0.1, -0.05) is 47.6 Å². The first-order chi connectivity index (χ1) is 12.2. The van der Waals surface area contributed by atoms with Crippen LogP contribution in [0.15, 0.2) is 64.3 Å². The third-order valence-corrected chi connectivity index (χ3v) is 3.39. The Kier molecular flexibility index (Phi) is 5.16. The van der Waals surface area contributed by atoms with Gasteiger partial charge in [-0.2, -0.15) is 5.10 Å². The van der Waals surface area contributed by atoms with Gasteiger partial charge in [0.2, 0.25) is 0 Å². The second-order valence-electron chi connectivity index (χ2n) is 5.21. The zero-order valence-electron chi connectivity index (χ0n) is 13.5. The molecule has 126 valence electrons. The first-order valence-electron chi connectivity index (χ1n) is 7.62. The van der Waals surface area contributed by atoms with Gasteiger partial charge in [0.05, 0.1) is 6.21 Å². The van der Waals surface area contributed by atoms with Crippen molar-refractivity contribution < 1.29 is 14.2 Å². The van der Waals surface area contributed by atoms with Crippen molar-refractivity contribution in [1.82, 2.24) is 15.7 Å². The fourth-order valence-electron chi connectivity index (χ4n) is 2.10. The van der Waals surface area contributed by atoms with E-state index in [0.717, 1.165) is 11.1 Å². The highest BCUT2D eigenvalue weighted by Crippen LogP contribution is 2.17. The molecule has 1 heterocycles. The molecular weight excluding hydrogens is 320 g/mol. The van der Waals surface area contributed by atoms with E-state index in [-0.39, 0.29) is 5.69 Å². The Bertz CT molecular complexity index is 875. The maximum absolute atomic E-state index is 11.9. The van der Waals surface area contributed by atoms with Gasteiger partial charge in [0.1, 0.15) is 18.1 Å². The summed E-state index contributed by atoms with van der Waals surface area (Å²) in [6.07, 6.45) is 1.51. The van der Waals surface area contributed by atoms with E-state index in [1.807, 2.05) is 54.6 Å². The van der Waals surface area contributed by atoms with Crippen LogP contribution < -0.4 is 10.2 Å². The predicted molar refractivity (Wildman–Crippen MR) is 91.3 cm³/mol. The molecule has 0 unspecified atom stereocenters. The molecule has 1 aromatic heterocycles. The lowest BCUT2D eigenvalue weighted by atomic mass is 10.2. The zero-order chi connectivity index (χ0) is 17.5. The molecule has 0 aliphatic carbocycles. The molecule has 3 rings (SSSR count). The molecule has 0 spiro atoms. The standard InChI is InChI=1S/C18H16N4O3/c1-13-17(22-25-21-13)18(23)20-19-11-15-9-5-6-10-16(15)24-12-14-7-3-2-4-8-14/h2-11H,12H2,1H3,(H,20,23). The lowest BCUT2D eigenvalue weighted by Crippen LogP contribution is -2.19. The van der Waals surface area contributed by atoms with Gasteiger partial charge < -0.3 is 4.74 Å². The molecule has 0 radical (unpaired) electrons. The van der Waals surface area contributed by atoms with Crippen LogP contribution in [0.5, 0.6) is 5.75 Å². The number of hydrazone groups is 1. The Balaban J connectivity index is 1.64. The highest BCUT2D eigenvalue weighted by molar-refractivity contribution is 5.94. The first kappa shape index (κ1) is 16.4. The minimum absolute atomic E-state index is 0.103. The zero-order valence-corrected chi connectivity index (χ0v) is 13.5. The number of para-hydroxylation sites is 1. The van der Waals surface area contributed by atoms with Gasteiger partial charge in [0, 0.05) is 5.56 Å². The Hall–Kier alpha value is -3.48. The molecule has 0 saturated carbocycles. The van der Waals surface area contributed by atoms with Crippen LogP contribution >= 0.6 is 0 Å². The van der Waals surface area contributed by atoms with E-state index in [1.165, 1.54) is 6.21 Å². The van der Waals surface area contributed by atoms with Crippen molar-refractivity contribution in [2.45, 2.75) is 13.5 Å². The molecule has 2 aromatic carbocycles. The summed E-state index contributed by atoms with van der Waals surface area (Å²) in [6, 6.07) is 17.3. The van der Waals surface area contributed by atoms with E-state index in [2.05, 4.69) is 25.5 Å². The number of hydrogen-bond donors (Lipinski definition) is 1. The molecule has 25 heavy (non-hydrogen) atoms. The molecule has 1 amide bonds. The molecule has 0 aliphatic heterocycles. The van der Waals surface area contributed by atoms with Crippen LogP contribution in [0, 0.1) is 6.92 Å². The summed E-state index contributed by atoms with van der Waals surface area (Å²) in [6.45, 7) is 2.07. The Morgan fingerprint density at radius 1 is 1.16 bits per heavy atom. The van der Waals surface area contributed by atoms with Gasteiger partial charge in [-0.05, 0) is 29.8 Å². The van der Waals surface area contributed by atoms with Crippen LogP contribution in [0.4, 0.5) is 0 Å². The van der Waals surface area contributed by atoms with Crippen LogP contribution in [0.25, 0.3) is 0 Å². The predicted octanol–water partition coefficient (Wildman–Crippen LogP) is 2.72. The molecule has 7 nitrogen and oxygen atoms in total. The van der Waals surface area contributed by atoms with E-state index >= 15 is 0 Å². The summed E-state index contributed by atoms with van der Waals surface area (Å²) >= 11 is 0. The summed E-state index contributed by atoms with van der Waals surface area (Å²) in [7, 11) is 0. The van der Waals surface area contributed by atoms with E-state index in [0.29, 0.717) is 18.1 Å². The first-order valence-corrected chi connectivity index (χ1v) is 7.62. The summed E-state index contributed by atoms with van der Waals surface area (Å²) in [5.41, 5.74) is 4.70. The van der Waals surface area contributed by atoms with Crippen LogP contribution in [0.3, 0.4) is 0 Å². The molecule has 0 fully saturated rings. The van der Waals surface area contributed by atoms with Gasteiger partial charge >= 0.3 is 0 Å². The van der Waals surface area contributed by atoms with Crippen molar-refractivity contribution in [2.75, 3.05) is 0 Å². The third-order valence-electron chi connectivity index (χ3n) is 3.39. The van der Waals surface area contributed by atoms with Gasteiger partial charge in [-0.3, -0.25) is 4.79 Å². The number of nitrogens with one attached hydrogen (secondary N) is 1. The van der Waals surface area contributed by atoms with E-state index in [9.17, 15) is 4.79 Å². The number of rotatable bonds is 6. The lowest BCUT2D eigenvalue weighted by molar-refractivity contribution is 0.0945. The molecule has 0 aliphatic rings. The molecule has 0 bridgehead atoms. The molecular formula is C18H16N4O3.